The van der Waals surface area contributed by atoms with Gasteiger partial charge in [-0.3, -0.25) is 9.59 Å². The van der Waals surface area contributed by atoms with E-state index in [1.165, 1.54) is 16.3 Å². The summed E-state index contributed by atoms with van der Waals surface area (Å²) in [5, 5.41) is 7.31. The third-order valence-corrected chi connectivity index (χ3v) is 4.78. The van der Waals surface area contributed by atoms with Crippen LogP contribution in [0.3, 0.4) is 0 Å². The van der Waals surface area contributed by atoms with E-state index in [9.17, 15) is 9.59 Å². The van der Waals surface area contributed by atoms with Crippen molar-refractivity contribution in [2.24, 2.45) is 0 Å². The van der Waals surface area contributed by atoms with Gasteiger partial charge in [-0.2, -0.15) is 5.10 Å². The zero-order chi connectivity index (χ0) is 19.6. The minimum atomic E-state index is -0.733. The molecule has 1 amide bonds. The Morgan fingerprint density at radius 1 is 0.963 bits per heavy atom. The summed E-state index contributed by atoms with van der Waals surface area (Å²) in [6.45, 7) is 7.68. The van der Waals surface area contributed by atoms with E-state index in [0.717, 1.165) is 22.4 Å². The van der Waals surface area contributed by atoms with Crippen LogP contribution in [0, 0.1) is 20.8 Å². The minimum Gasteiger partial charge on any atom is -0.324 e. The highest BCUT2D eigenvalue weighted by atomic mass is 16.2. The molecule has 27 heavy (non-hydrogen) atoms. The normalized spacial score (nSPS) is 11.9. The number of hydrogen-bond donors (Lipinski definition) is 1. The third kappa shape index (κ3) is 3.97. The molecule has 3 rings (SSSR count). The highest BCUT2D eigenvalue weighted by Crippen LogP contribution is 2.20. The summed E-state index contributed by atoms with van der Waals surface area (Å²) < 4.78 is 1.23. The lowest BCUT2D eigenvalue weighted by Crippen LogP contribution is -2.33. The molecule has 1 heterocycles. The third-order valence-electron chi connectivity index (χ3n) is 4.78. The number of nitrogens with one attached hydrogen (secondary N) is 1. The molecule has 1 atom stereocenters. The van der Waals surface area contributed by atoms with E-state index in [1.807, 2.05) is 63.2 Å². The summed E-state index contributed by atoms with van der Waals surface area (Å²) in [5.74, 6) is -0.281. The van der Waals surface area contributed by atoms with Crippen molar-refractivity contribution in [2.75, 3.05) is 5.32 Å². The first-order valence-electron chi connectivity index (χ1n) is 8.91. The Hall–Kier alpha value is -3.21. The van der Waals surface area contributed by atoms with Crippen molar-refractivity contribution < 1.29 is 4.79 Å². The quantitative estimate of drug-likeness (QED) is 0.763. The van der Waals surface area contributed by atoms with Crippen LogP contribution in [-0.2, 0) is 4.79 Å². The maximum atomic E-state index is 12.7. The highest BCUT2D eigenvalue weighted by Gasteiger charge is 2.19. The molecule has 0 saturated heterocycles. The molecule has 1 N–H and O–H groups in total. The van der Waals surface area contributed by atoms with Gasteiger partial charge in [0, 0.05) is 17.3 Å². The average Bonchev–Trinajstić information content (AvgIpc) is 2.65. The fourth-order valence-corrected chi connectivity index (χ4v) is 2.82. The summed E-state index contributed by atoms with van der Waals surface area (Å²) in [7, 11) is 0. The largest absolute Gasteiger partial charge is 0.324 e. The second-order valence-electron chi connectivity index (χ2n) is 6.78. The molecule has 0 aliphatic heterocycles. The minimum absolute atomic E-state index is 0.281. The van der Waals surface area contributed by atoms with Crippen molar-refractivity contribution in [3.05, 3.63) is 81.6 Å². The Labute approximate surface area is 158 Å². The molecule has 5 nitrogen and oxygen atoms in total. The first-order valence-corrected chi connectivity index (χ1v) is 8.91. The van der Waals surface area contributed by atoms with E-state index in [0.29, 0.717) is 5.69 Å². The lowest BCUT2D eigenvalue weighted by atomic mass is 10.0. The molecule has 0 unspecified atom stereocenters. The average molecular weight is 361 g/mol. The second kappa shape index (κ2) is 7.58. The predicted molar refractivity (Wildman–Crippen MR) is 108 cm³/mol. The van der Waals surface area contributed by atoms with E-state index < -0.39 is 6.04 Å². The number of para-hydroxylation sites is 1. The summed E-state index contributed by atoms with van der Waals surface area (Å²) in [5.41, 5.74) is 5.30. The Kier molecular flexibility index (Phi) is 5.21. The van der Waals surface area contributed by atoms with Crippen LogP contribution in [0.2, 0.25) is 0 Å². The first-order chi connectivity index (χ1) is 12.9. The van der Waals surface area contributed by atoms with Gasteiger partial charge in [0.05, 0.1) is 5.69 Å². The van der Waals surface area contributed by atoms with Gasteiger partial charge in [0.25, 0.3) is 5.56 Å². The SMILES string of the molecule is Cc1ccc(-c2ccc(=O)n([C@H](C)C(=O)Nc3ccccc3C)n2)cc1C. The number of benzene rings is 2. The van der Waals surface area contributed by atoms with Crippen LogP contribution < -0.4 is 10.9 Å². The summed E-state index contributed by atoms with van der Waals surface area (Å²) in [6.07, 6.45) is 0. The Morgan fingerprint density at radius 3 is 2.41 bits per heavy atom. The highest BCUT2D eigenvalue weighted by molar-refractivity contribution is 5.94. The molecule has 138 valence electrons. The molecule has 0 radical (unpaired) electrons. The number of hydrogen-bond acceptors (Lipinski definition) is 3. The van der Waals surface area contributed by atoms with E-state index >= 15 is 0 Å². The van der Waals surface area contributed by atoms with Gasteiger partial charge in [-0.25, -0.2) is 4.68 Å². The Morgan fingerprint density at radius 2 is 1.70 bits per heavy atom. The topological polar surface area (TPSA) is 64.0 Å². The first kappa shape index (κ1) is 18.6. The van der Waals surface area contributed by atoms with Gasteiger partial charge < -0.3 is 5.32 Å². The lowest BCUT2D eigenvalue weighted by Gasteiger charge is -2.16. The summed E-state index contributed by atoms with van der Waals surface area (Å²) >= 11 is 0. The lowest BCUT2D eigenvalue weighted by molar-refractivity contribution is -0.119. The molecule has 3 aromatic rings. The molecule has 0 saturated carbocycles. The number of amides is 1. The monoisotopic (exact) mass is 361 g/mol. The van der Waals surface area contributed by atoms with Crippen LogP contribution in [0.1, 0.15) is 29.7 Å². The maximum absolute atomic E-state index is 12.7. The van der Waals surface area contributed by atoms with Crippen LogP contribution in [0.4, 0.5) is 5.69 Å². The molecule has 0 aliphatic rings. The molecular weight excluding hydrogens is 338 g/mol. The number of aryl methyl sites for hydroxylation is 3. The number of carbonyl (C=O) groups excluding carboxylic acids is 1. The van der Waals surface area contributed by atoms with Gasteiger partial charge in [-0.05, 0) is 62.6 Å². The Bertz CT molecular complexity index is 1050. The van der Waals surface area contributed by atoms with Crippen LogP contribution in [0.15, 0.2) is 59.4 Å². The standard InChI is InChI=1S/C22H23N3O2/c1-14-9-10-18(13-16(14)3)20-11-12-21(26)25(24-20)17(4)22(27)23-19-8-6-5-7-15(19)2/h5-13,17H,1-4H3,(H,23,27)/t17-/m1/s1. The van der Waals surface area contributed by atoms with Gasteiger partial charge in [0.2, 0.25) is 5.91 Å². The summed E-state index contributed by atoms with van der Waals surface area (Å²) in [6, 6.07) is 16.0. The van der Waals surface area contributed by atoms with Crippen molar-refractivity contribution in [3.8, 4) is 11.3 Å². The number of carbonyl (C=O) groups is 1. The van der Waals surface area contributed by atoms with Crippen molar-refractivity contribution in [1.29, 1.82) is 0 Å². The van der Waals surface area contributed by atoms with E-state index in [1.54, 1.807) is 13.0 Å². The maximum Gasteiger partial charge on any atom is 0.267 e. The van der Waals surface area contributed by atoms with Crippen LogP contribution in [0.5, 0.6) is 0 Å². The van der Waals surface area contributed by atoms with Crippen molar-refractivity contribution in [1.82, 2.24) is 9.78 Å². The van der Waals surface area contributed by atoms with E-state index in [4.69, 9.17) is 0 Å². The molecule has 0 aliphatic carbocycles. The Balaban J connectivity index is 1.91. The smallest absolute Gasteiger partial charge is 0.267 e. The van der Waals surface area contributed by atoms with Crippen LogP contribution in [-0.4, -0.2) is 15.7 Å². The van der Waals surface area contributed by atoms with Crippen LogP contribution >= 0.6 is 0 Å². The van der Waals surface area contributed by atoms with Gasteiger partial charge in [0.15, 0.2) is 0 Å². The number of aromatic nitrogens is 2. The van der Waals surface area contributed by atoms with Gasteiger partial charge >= 0.3 is 0 Å². The van der Waals surface area contributed by atoms with E-state index in [-0.39, 0.29) is 11.5 Å². The van der Waals surface area contributed by atoms with Gasteiger partial charge in [-0.1, -0.05) is 30.3 Å². The van der Waals surface area contributed by atoms with Gasteiger partial charge in [-0.15, -0.1) is 0 Å². The number of anilines is 1. The fraction of sp³-hybridized carbons (Fsp3) is 0.227. The molecule has 1 aromatic heterocycles. The predicted octanol–water partition coefficient (Wildman–Crippen LogP) is 4.04. The van der Waals surface area contributed by atoms with Crippen molar-refractivity contribution >= 4 is 11.6 Å². The number of nitrogens with zero attached hydrogens (tertiary/aromatic N) is 2. The van der Waals surface area contributed by atoms with Crippen molar-refractivity contribution in [3.63, 3.8) is 0 Å². The zero-order valence-electron chi connectivity index (χ0n) is 16.0. The molecule has 2 aromatic carbocycles. The molecule has 5 heteroatoms. The van der Waals surface area contributed by atoms with Gasteiger partial charge in [0.1, 0.15) is 6.04 Å². The zero-order valence-corrected chi connectivity index (χ0v) is 16.0. The summed E-state index contributed by atoms with van der Waals surface area (Å²) in [4.78, 5) is 25.0. The molecular formula is C22H23N3O2. The van der Waals surface area contributed by atoms with E-state index in [2.05, 4.69) is 10.4 Å². The fourth-order valence-electron chi connectivity index (χ4n) is 2.82. The molecule has 0 fully saturated rings. The van der Waals surface area contributed by atoms with Crippen molar-refractivity contribution in [2.45, 2.75) is 33.7 Å². The second-order valence-corrected chi connectivity index (χ2v) is 6.78. The molecule has 0 bridgehead atoms. The molecule has 0 spiro atoms. The van der Waals surface area contributed by atoms with Crippen LogP contribution in [0.25, 0.3) is 11.3 Å². The number of rotatable bonds is 4.